The SMILES string of the molecule is CCC(C)(C)C(=O)OCCCCCCOc1ccc(C(=O)O)cc1. The maximum absolute atomic E-state index is 11.8. The number of unbranched alkanes of at least 4 members (excludes halogenated alkanes) is 3. The Bertz CT molecular complexity index is 519. The number of rotatable bonds is 11. The summed E-state index contributed by atoms with van der Waals surface area (Å²) in [6.07, 6.45) is 4.54. The van der Waals surface area contributed by atoms with Crippen LogP contribution >= 0.6 is 0 Å². The standard InChI is InChI=1S/C19H28O5/c1-4-19(2,3)18(22)24-14-8-6-5-7-13-23-16-11-9-15(10-12-16)17(20)21/h9-12H,4-8,13-14H2,1-3H3,(H,20,21). The van der Waals surface area contributed by atoms with Crippen LogP contribution in [-0.2, 0) is 9.53 Å². The van der Waals surface area contributed by atoms with Crippen molar-refractivity contribution in [2.24, 2.45) is 5.41 Å². The van der Waals surface area contributed by atoms with Crippen molar-refractivity contribution in [2.45, 2.75) is 52.9 Å². The highest BCUT2D eigenvalue weighted by molar-refractivity contribution is 5.87. The molecule has 0 spiro atoms. The van der Waals surface area contributed by atoms with Gasteiger partial charge in [0.25, 0.3) is 0 Å². The fraction of sp³-hybridized carbons (Fsp3) is 0.579. The number of benzene rings is 1. The summed E-state index contributed by atoms with van der Waals surface area (Å²) in [6.45, 7) is 6.84. The minimum Gasteiger partial charge on any atom is -0.494 e. The van der Waals surface area contributed by atoms with Crippen LogP contribution in [-0.4, -0.2) is 30.3 Å². The number of ether oxygens (including phenoxy) is 2. The topological polar surface area (TPSA) is 72.8 Å². The van der Waals surface area contributed by atoms with Gasteiger partial charge in [-0.15, -0.1) is 0 Å². The molecule has 0 bridgehead atoms. The minimum absolute atomic E-state index is 0.127. The quantitative estimate of drug-likeness (QED) is 0.482. The zero-order valence-electron chi connectivity index (χ0n) is 14.8. The molecule has 0 heterocycles. The largest absolute Gasteiger partial charge is 0.494 e. The van der Waals surface area contributed by atoms with E-state index in [9.17, 15) is 9.59 Å². The summed E-state index contributed by atoms with van der Waals surface area (Å²) in [5.41, 5.74) is -0.146. The third kappa shape index (κ3) is 7.02. The highest BCUT2D eigenvalue weighted by atomic mass is 16.5. The van der Waals surface area contributed by atoms with Crippen molar-refractivity contribution >= 4 is 11.9 Å². The molecule has 1 rings (SSSR count). The molecule has 0 amide bonds. The van der Waals surface area contributed by atoms with E-state index in [2.05, 4.69) is 0 Å². The predicted octanol–water partition coefficient (Wildman–Crippen LogP) is 4.30. The summed E-state index contributed by atoms with van der Waals surface area (Å²) in [4.78, 5) is 22.5. The number of esters is 1. The van der Waals surface area contributed by atoms with Crippen LogP contribution in [0.1, 0.15) is 63.2 Å². The Morgan fingerprint density at radius 2 is 1.58 bits per heavy atom. The zero-order valence-corrected chi connectivity index (χ0v) is 14.8. The summed E-state index contributed by atoms with van der Waals surface area (Å²) in [5, 5.41) is 8.81. The molecule has 5 nitrogen and oxygen atoms in total. The van der Waals surface area contributed by atoms with Gasteiger partial charge in [-0.05, 0) is 70.2 Å². The highest BCUT2D eigenvalue weighted by Gasteiger charge is 2.26. The van der Waals surface area contributed by atoms with Crippen molar-refractivity contribution in [1.82, 2.24) is 0 Å². The molecule has 0 radical (unpaired) electrons. The molecule has 24 heavy (non-hydrogen) atoms. The smallest absolute Gasteiger partial charge is 0.335 e. The van der Waals surface area contributed by atoms with Gasteiger partial charge in [0.2, 0.25) is 0 Å². The van der Waals surface area contributed by atoms with Gasteiger partial charge in [0.05, 0.1) is 24.2 Å². The molecule has 0 saturated carbocycles. The second kappa shape index (κ2) is 9.96. The van der Waals surface area contributed by atoms with E-state index in [0.29, 0.717) is 19.0 Å². The van der Waals surface area contributed by atoms with E-state index < -0.39 is 11.4 Å². The molecule has 0 saturated heterocycles. The van der Waals surface area contributed by atoms with Crippen LogP contribution in [0.5, 0.6) is 5.75 Å². The number of carbonyl (C=O) groups is 2. The van der Waals surface area contributed by atoms with E-state index in [0.717, 1.165) is 32.1 Å². The Hall–Kier alpha value is -2.04. The van der Waals surface area contributed by atoms with E-state index in [1.807, 2.05) is 20.8 Å². The van der Waals surface area contributed by atoms with E-state index in [-0.39, 0.29) is 11.5 Å². The zero-order chi connectivity index (χ0) is 18.0. The molecule has 0 aromatic heterocycles. The lowest BCUT2D eigenvalue weighted by molar-refractivity contribution is -0.154. The number of hydrogen-bond donors (Lipinski definition) is 1. The lowest BCUT2D eigenvalue weighted by Crippen LogP contribution is -2.26. The van der Waals surface area contributed by atoms with E-state index >= 15 is 0 Å². The Labute approximate surface area is 144 Å². The summed E-state index contributed by atoms with van der Waals surface area (Å²) in [6, 6.07) is 6.39. The van der Waals surface area contributed by atoms with E-state index in [1.165, 1.54) is 12.1 Å². The number of carboxylic acids is 1. The monoisotopic (exact) mass is 336 g/mol. The van der Waals surface area contributed by atoms with Gasteiger partial charge in [0.1, 0.15) is 5.75 Å². The van der Waals surface area contributed by atoms with Crippen LogP contribution < -0.4 is 4.74 Å². The van der Waals surface area contributed by atoms with Crippen molar-refractivity contribution in [3.63, 3.8) is 0 Å². The summed E-state index contributed by atoms with van der Waals surface area (Å²) < 4.78 is 10.9. The maximum Gasteiger partial charge on any atom is 0.335 e. The van der Waals surface area contributed by atoms with Crippen LogP contribution in [0.15, 0.2) is 24.3 Å². The van der Waals surface area contributed by atoms with Crippen LogP contribution in [0.4, 0.5) is 0 Å². The van der Waals surface area contributed by atoms with Crippen molar-refractivity contribution < 1.29 is 24.2 Å². The lowest BCUT2D eigenvalue weighted by Gasteiger charge is -2.20. The normalized spacial score (nSPS) is 11.1. The molecule has 0 unspecified atom stereocenters. The van der Waals surface area contributed by atoms with E-state index in [4.69, 9.17) is 14.6 Å². The molecule has 0 atom stereocenters. The summed E-state index contributed by atoms with van der Waals surface area (Å²) >= 11 is 0. The maximum atomic E-state index is 11.8. The van der Waals surface area contributed by atoms with Crippen molar-refractivity contribution in [2.75, 3.05) is 13.2 Å². The van der Waals surface area contributed by atoms with Gasteiger partial charge >= 0.3 is 11.9 Å². The van der Waals surface area contributed by atoms with Crippen molar-refractivity contribution in [3.05, 3.63) is 29.8 Å². The molecular formula is C19H28O5. The Morgan fingerprint density at radius 1 is 1.00 bits per heavy atom. The van der Waals surface area contributed by atoms with Gasteiger partial charge in [-0.2, -0.15) is 0 Å². The molecule has 0 aliphatic rings. The second-order valence-corrected chi connectivity index (χ2v) is 6.47. The number of aromatic carboxylic acids is 1. The first-order valence-electron chi connectivity index (χ1n) is 8.50. The summed E-state index contributed by atoms with van der Waals surface area (Å²) in [7, 11) is 0. The average molecular weight is 336 g/mol. The third-order valence-electron chi connectivity index (χ3n) is 4.08. The van der Waals surface area contributed by atoms with Gasteiger partial charge in [-0.3, -0.25) is 4.79 Å². The second-order valence-electron chi connectivity index (χ2n) is 6.47. The molecule has 1 aromatic carbocycles. The van der Waals surface area contributed by atoms with Crippen molar-refractivity contribution in [3.8, 4) is 5.75 Å². The van der Waals surface area contributed by atoms with Crippen LogP contribution in [0.2, 0.25) is 0 Å². The molecular weight excluding hydrogens is 308 g/mol. The number of carboxylic acid groups (broad SMARTS) is 1. The van der Waals surface area contributed by atoms with Gasteiger partial charge in [0.15, 0.2) is 0 Å². The molecule has 1 N–H and O–H groups in total. The fourth-order valence-corrected chi connectivity index (χ4v) is 1.95. The lowest BCUT2D eigenvalue weighted by atomic mass is 9.91. The number of carbonyl (C=O) groups excluding carboxylic acids is 1. The predicted molar refractivity (Wildman–Crippen MR) is 92.4 cm³/mol. The van der Waals surface area contributed by atoms with Gasteiger partial charge in [-0.1, -0.05) is 6.92 Å². The molecule has 1 aromatic rings. The first-order valence-corrected chi connectivity index (χ1v) is 8.50. The average Bonchev–Trinajstić information content (AvgIpc) is 2.57. The van der Waals surface area contributed by atoms with Gasteiger partial charge in [0, 0.05) is 0 Å². The van der Waals surface area contributed by atoms with Crippen LogP contribution in [0, 0.1) is 5.41 Å². The molecule has 0 aliphatic carbocycles. The molecule has 0 fully saturated rings. The summed E-state index contributed by atoms with van der Waals surface area (Å²) in [5.74, 6) is -0.390. The van der Waals surface area contributed by atoms with E-state index in [1.54, 1.807) is 12.1 Å². The first kappa shape index (κ1) is 20.0. The van der Waals surface area contributed by atoms with Crippen molar-refractivity contribution in [1.29, 1.82) is 0 Å². The van der Waals surface area contributed by atoms with Gasteiger partial charge in [-0.25, -0.2) is 4.79 Å². The highest BCUT2D eigenvalue weighted by Crippen LogP contribution is 2.21. The molecule has 5 heteroatoms. The van der Waals surface area contributed by atoms with Crippen LogP contribution in [0.25, 0.3) is 0 Å². The fourth-order valence-electron chi connectivity index (χ4n) is 1.95. The van der Waals surface area contributed by atoms with Gasteiger partial charge < -0.3 is 14.6 Å². The minimum atomic E-state index is -0.940. The third-order valence-corrected chi connectivity index (χ3v) is 4.08. The number of hydrogen-bond acceptors (Lipinski definition) is 4. The Balaban J connectivity index is 2.06. The molecule has 0 aliphatic heterocycles. The Morgan fingerprint density at radius 3 is 2.12 bits per heavy atom. The molecule has 134 valence electrons. The Kier molecular flexibility index (Phi) is 8.30. The first-order chi connectivity index (χ1) is 11.4. The van der Waals surface area contributed by atoms with Crippen LogP contribution in [0.3, 0.4) is 0 Å².